The highest BCUT2D eigenvalue weighted by molar-refractivity contribution is 7.86. The molecule has 0 radical (unpaired) electrons. The second-order valence-corrected chi connectivity index (χ2v) is 5.94. The first kappa shape index (κ1) is 14.8. The lowest BCUT2D eigenvalue weighted by molar-refractivity contribution is 0.0942. The summed E-state index contributed by atoms with van der Waals surface area (Å²) in [5, 5.41) is 6.34. The van der Waals surface area contributed by atoms with E-state index in [0.717, 1.165) is 10.9 Å². The van der Waals surface area contributed by atoms with Gasteiger partial charge >= 0.3 is 10.1 Å². The molecular weight excluding hydrogens is 282 g/mol. The SMILES string of the molecule is CC(C)NC(=O)c1c(OS(C)(=O)=O)nn(C)c1Cl. The third-order valence-corrected chi connectivity index (χ3v) is 2.72. The highest BCUT2D eigenvalue weighted by Crippen LogP contribution is 2.26. The molecule has 18 heavy (non-hydrogen) atoms. The van der Waals surface area contributed by atoms with E-state index in [4.69, 9.17) is 11.6 Å². The van der Waals surface area contributed by atoms with Crippen LogP contribution >= 0.6 is 11.6 Å². The molecule has 0 atom stereocenters. The number of rotatable bonds is 4. The van der Waals surface area contributed by atoms with E-state index in [2.05, 4.69) is 14.6 Å². The summed E-state index contributed by atoms with van der Waals surface area (Å²) in [5.74, 6) is -0.870. The molecule has 1 heterocycles. The van der Waals surface area contributed by atoms with Crippen LogP contribution in [0.3, 0.4) is 0 Å². The van der Waals surface area contributed by atoms with Gasteiger partial charge in [-0.2, -0.15) is 8.42 Å². The summed E-state index contributed by atoms with van der Waals surface area (Å²) in [6.45, 7) is 3.53. The highest BCUT2D eigenvalue weighted by atomic mass is 35.5. The van der Waals surface area contributed by atoms with Gasteiger partial charge in [0.1, 0.15) is 10.7 Å². The van der Waals surface area contributed by atoms with Crippen molar-refractivity contribution in [2.45, 2.75) is 19.9 Å². The van der Waals surface area contributed by atoms with E-state index < -0.39 is 16.0 Å². The van der Waals surface area contributed by atoms with Gasteiger partial charge in [0.2, 0.25) is 0 Å². The summed E-state index contributed by atoms with van der Waals surface area (Å²) < 4.78 is 27.9. The number of nitrogens with zero attached hydrogens (tertiary/aromatic N) is 2. The van der Waals surface area contributed by atoms with Crippen LogP contribution in [-0.2, 0) is 17.2 Å². The molecular formula is C9H14ClN3O4S. The van der Waals surface area contributed by atoms with Gasteiger partial charge in [0, 0.05) is 13.1 Å². The Morgan fingerprint density at radius 2 is 2.06 bits per heavy atom. The maximum Gasteiger partial charge on any atom is 0.307 e. The number of hydrogen-bond donors (Lipinski definition) is 1. The highest BCUT2D eigenvalue weighted by Gasteiger charge is 2.25. The Labute approximate surface area is 110 Å². The molecule has 0 aliphatic rings. The molecule has 0 spiro atoms. The van der Waals surface area contributed by atoms with E-state index in [1.807, 2.05) is 0 Å². The van der Waals surface area contributed by atoms with Gasteiger partial charge in [0.05, 0.1) is 6.26 Å². The standard InChI is InChI=1S/C9H14ClN3O4S/c1-5(2)11-8(14)6-7(10)13(3)12-9(6)17-18(4,15)16/h5H,1-4H3,(H,11,14). The van der Waals surface area contributed by atoms with Gasteiger partial charge < -0.3 is 9.50 Å². The van der Waals surface area contributed by atoms with Crippen molar-refractivity contribution in [1.29, 1.82) is 0 Å². The summed E-state index contributed by atoms with van der Waals surface area (Å²) in [4.78, 5) is 11.9. The van der Waals surface area contributed by atoms with Crippen molar-refractivity contribution in [3.8, 4) is 5.88 Å². The molecule has 0 aromatic carbocycles. The Bertz CT molecular complexity index is 565. The molecule has 1 rings (SSSR count). The average molecular weight is 296 g/mol. The molecule has 0 aliphatic carbocycles. The Balaban J connectivity index is 3.20. The van der Waals surface area contributed by atoms with E-state index in [1.54, 1.807) is 13.8 Å². The minimum atomic E-state index is -3.78. The van der Waals surface area contributed by atoms with Crippen LogP contribution < -0.4 is 9.50 Å². The van der Waals surface area contributed by atoms with Crippen LogP contribution in [0.4, 0.5) is 0 Å². The van der Waals surface area contributed by atoms with Crippen molar-refractivity contribution in [1.82, 2.24) is 15.1 Å². The van der Waals surface area contributed by atoms with Gasteiger partial charge in [0.25, 0.3) is 11.8 Å². The Morgan fingerprint density at radius 1 is 1.50 bits per heavy atom. The third kappa shape index (κ3) is 3.61. The molecule has 0 fully saturated rings. The molecule has 7 nitrogen and oxygen atoms in total. The number of amides is 1. The molecule has 1 N–H and O–H groups in total. The van der Waals surface area contributed by atoms with Crippen molar-refractivity contribution >= 4 is 27.6 Å². The van der Waals surface area contributed by atoms with Crippen LogP contribution in [0.1, 0.15) is 24.2 Å². The lowest BCUT2D eigenvalue weighted by Gasteiger charge is -2.08. The number of carbonyl (C=O) groups excluding carboxylic acids is 1. The average Bonchev–Trinajstić information content (AvgIpc) is 2.37. The lowest BCUT2D eigenvalue weighted by atomic mass is 10.3. The first-order valence-corrected chi connectivity index (χ1v) is 7.24. The van der Waals surface area contributed by atoms with E-state index >= 15 is 0 Å². The number of carbonyl (C=O) groups is 1. The summed E-state index contributed by atoms with van der Waals surface area (Å²) in [6.07, 6.45) is 0.861. The van der Waals surface area contributed by atoms with Gasteiger partial charge in [-0.1, -0.05) is 11.6 Å². The summed E-state index contributed by atoms with van der Waals surface area (Å²) in [6, 6.07) is -0.125. The summed E-state index contributed by atoms with van der Waals surface area (Å²) >= 11 is 5.89. The number of aromatic nitrogens is 2. The molecule has 0 bridgehead atoms. The van der Waals surface area contributed by atoms with Crippen LogP contribution in [-0.4, -0.2) is 36.4 Å². The van der Waals surface area contributed by atoms with Crippen molar-refractivity contribution < 1.29 is 17.4 Å². The van der Waals surface area contributed by atoms with Crippen LogP contribution in [0, 0.1) is 0 Å². The number of aryl methyl sites for hydroxylation is 1. The fourth-order valence-corrected chi connectivity index (χ4v) is 1.81. The minimum Gasteiger partial charge on any atom is -0.359 e. The normalized spacial score (nSPS) is 11.7. The van der Waals surface area contributed by atoms with E-state index in [1.165, 1.54) is 7.05 Å². The fraction of sp³-hybridized carbons (Fsp3) is 0.556. The van der Waals surface area contributed by atoms with Crippen molar-refractivity contribution in [2.75, 3.05) is 6.26 Å². The van der Waals surface area contributed by atoms with E-state index in [-0.39, 0.29) is 22.6 Å². The first-order valence-electron chi connectivity index (χ1n) is 5.04. The molecule has 0 unspecified atom stereocenters. The Morgan fingerprint density at radius 3 is 2.50 bits per heavy atom. The topological polar surface area (TPSA) is 90.3 Å². The zero-order chi connectivity index (χ0) is 14.1. The predicted octanol–water partition coefficient (Wildman–Crippen LogP) is 0.550. The smallest absolute Gasteiger partial charge is 0.307 e. The Hall–Kier alpha value is -1.28. The number of halogens is 1. The predicted molar refractivity (Wildman–Crippen MR) is 66.3 cm³/mol. The van der Waals surface area contributed by atoms with Crippen molar-refractivity contribution in [3.63, 3.8) is 0 Å². The molecule has 1 aromatic heterocycles. The van der Waals surface area contributed by atoms with Gasteiger partial charge in [0.15, 0.2) is 0 Å². The summed E-state index contributed by atoms with van der Waals surface area (Å²) in [7, 11) is -2.30. The second kappa shape index (κ2) is 5.15. The van der Waals surface area contributed by atoms with Gasteiger partial charge in [-0.05, 0) is 13.8 Å². The second-order valence-electron chi connectivity index (χ2n) is 4.01. The molecule has 0 saturated carbocycles. The first-order chi connectivity index (χ1) is 8.11. The molecule has 0 saturated heterocycles. The van der Waals surface area contributed by atoms with E-state index in [0.29, 0.717) is 0 Å². The maximum atomic E-state index is 11.9. The van der Waals surface area contributed by atoms with E-state index in [9.17, 15) is 13.2 Å². The third-order valence-electron chi connectivity index (χ3n) is 1.82. The zero-order valence-electron chi connectivity index (χ0n) is 10.4. The van der Waals surface area contributed by atoms with Crippen LogP contribution in [0.15, 0.2) is 0 Å². The number of nitrogens with one attached hydrogen (secondary N) is 1. The molecule has 102 valence electrons. The quantitative estimate of drug-likeness (QED) is 0.819. The lowest BCUT2D eigenvalue weighted by Crippen LogP contribution is -2.30. The van der Waals surface area contributed by atoms with Gasteiger partial charge in [-0.25, -0.2) is 0 Å². The van der Waals surface area contributed by atoms with Crippen LogP contribution in [0.5, 0.6) is 5.88 Å². The molecule has 0 aliphatic heterocycles. The van der Waals surface area contributed by atoms with Crippen molar-refractivity contribution in [2.24, 2.45) is 7.05 Å². The van der Waals surface area contributed by atoms with Crippen LogP contribution in [0.25, 0.3) is 0 Å². The Kier molecular flexibility index (Phi) is 4.23. The van der Waals surface area contributed by atoms with Gasteiger partial charge in [-0.15, -0.1) is 5.10 Å². The zero-order valence-corrected chi connectivity index (χ0v) is 12.0. The number of hydrogen-bond acceptors (Lipinski definition) is 5. The largest absolute Gasteiger partial charge is 0.359 e. The monoisotopic (exact) mass is 295 g/mol. The maximum absolute atomic E-state index is 11.9. The molecule has 1 amide bonds. The molecule has 1 aromatic rings. The molecule has 9 heteroatoms. The fourth-order valence-electron chi connectivity index (χ4n) is 1.21. The van der Waals surface area contributed by atoms with Crippen LogP contribution in [0.2, 0.25) is 5.15 Å². The minimum absolute atomic E-state index is 0.00630. The van der Waals surface area contributed by atoms with Gasteiger partial charge in [-0.3, -0.25) is 9.48 Å². The van der Waals surface area contributed by atoms with Crippen molar-refractivity contribution in [3.05, 3.63) is 10.7 Å². The summed E-state index contributed by atoms with van der Waals surface area (Å²) in [5.41, 5.74) is -0.0988.